The van der Waals surface area contributed by atoms with Crippen LogP contribution in [0, 0.1) is 6.92 Å². The number of carbonyl (C=O) groups excluding carboxylic acids is 1. The van der Waals surface area contributed by atoms with E-state index in [2.05, 4.69) is 15.0 Å². The maximum Gasteiger partial charge on any atom is 0.387 e. The molecule has 152 valence electrons. The van der Waals surface area contributed by atoms with Gasteiger partial charge in [-0.3, -0.25) is 9.69 Å². The Balaban J connectivity index is 1.67. The monoisotopic (exact) mass is 410 g/mol. The largest absolute Gasteiger partial charge is 0.433 e. The van der Waals surface area contributed by atoms with E-state index in [1.807, 2.05) is 24.3 Å². The number of halogens is 2. The molecule has 0 spiro atoms. The van der Waals surface area contributed by atoms with Crippen LogP contribution in [-0.4, -0.2) is 41.7 Å². The average molecular weight is 410 g/mol. The van der Waals surface area contributed by atoms with Gasteiger partial charge in [-0.05, 0) is 43.5 Å². The van der Waals surface area contributed by atoms with Crippen LogP contribution in [0.5, 0.6) is 5.75 Å². The van der Waals surface area contributed by atoms with E-state index in [-0.39, 0.29) is 29.8 Å². The number of rotatable bonds is 8. The zero-order valence-corrected chi connectivity index (χ0v) is 16.5. The van der Waals surface area contributed by atoms with Crippen LogP contribution < -0.4 is 10.1 Å². The second kappa shape index (κ2) is 9.45. The quantitative estimate of drug-likeness (QED) is 0.699. The second-order valence-corrected chi connectivity index (χ2v) is 8.09. The fourth-order valence-electron chi connectivity index (χ4n) is 3.50. The Bertz CT molecular complexity index is 812. The molecule has 1 aliphatic heterocycles. The maximum atomic E-state index is 12.6. The van der Waals surface area contributed by atoms with Gasteiger partial charge in [-0.25, -0.2) is 0 Å². The Kier molecular flexibility index (Phi) is 6.98. The van der Waals surface area contributed by atoms with Crippen molar-refractivity contribution in [2.75, 3.05) is 13.2 Å². The van der Waals surface area contributed by atoms with E-state index in [4.69, 9.17) is 0 Å². The first-order chi connectivity index (χ1) is 13.5. The zero-order valence-electron chi connectivity index (χ0n) is 15.7. The van der Waals surface area contributed by atoms with Crippen molar-refractivity contribution in [2.45, 2.75) is 45.5 Å². The van der Waals surface area contributed by atoms with Crippen molar-refractivity contribution in [3.05, 3.63) is 51.2 Å². The highest BCUT2D eigenvalue weighted by atomic mass is 32.1. The maximum absolute atomic E-state index is 12.6. The summed E-state index contributed by atoms with van der Waals surface area (Å²) in [5, 5.41) is 12.3. The number of likely N-dealkylation sites (tertiary alicyclic amines) is 1. The molecule has 28 heavy (non-hydrogen) atoms. The number of alkyl halides is 2. The minimum absolute atomic E-state index is 0.0915. The number of nitrogens with zero attached hydrogens (tertiary/aromatic N) is 1. The molecule has 1 aliphatic rings. The number of benzene rings is 1. The zero-order chi connectivity index (χ0) is 20.1. The van der Waals surface area contributed by atoms with Gasteiger partial charge in [0, 0.05) is 24.0 Å². The van der Waals surface area contributed by atoms with Crippen LogP contribution in [-0.2, 0) is 13.1 Å². The molecule has 2 heterocycles. The average Bonchev–Trinajstić information content (AvgIpc) is 3.26. The second-order valence-electron chi connectivity index (χ2n) is 6.83. The van der Waals surface area contributed by atoms with Crippen LogP contribution >= 0.6 is 11.3 Å². The smallest absolute Gasteiger partial charge is 0.387 e. The van der Waals surface area contributed by atoms with Gasteiger partial charge in [0.15, 0.2) is 0 Å². The Morgan fingerprint density at radius 1 is 1.39 bits per heavy atom. The van der Waals surface area contributed by atoms with Gasteiger partial charge in [0.1, 0.15) is 10.6 Å². The molecular formula is C20H24F2N2O3S. The number of aliphatic hydroxyl groups excluding tert-OH is 1. The van der Waals surface area contributed by atoms with Crippen molar-refractivity contribution in [3.8, 4) is 5.75 Å². The van der Waals surface area contributed by atoms with E-state index in [1.165, 1.54) is 6.07 Å². The number of ether oxygens (including phenoxy) is 1. The number of aryl methyl sites for hydroxylation is 1. The molecule has 1 fully saturated rings. The van der Waals surface area contributed by atoms with Crippen LogP contribution in [0.15, 0.2) is 30.3 Å². The Morgan fingerprint density at radius 3 is 2.86 bits per heavy atom. The van der Waals surface area contributed by atoms with Gasteiger partial charge in [0.25, 0.3) is 5.91 Å². The molecule has 0 aliphatic carbocycles. The molecule has 1 saturated heterocycles. The van der Waals surface area contributed by atoms with Crippen molar-refractivity contribution in [1.29, 1.82) is 0 Å². The summed E-state index contributed by atoms with van der Waals surface area (Å²) < 4.78 is 29.6. The summed E-state index contributed by atoms with van der Waals surface area (Å²) in [6, 6.07) is 9.42. The van der Waals surface area contributed by atoms with E-state index >= 15 is 0 Å². The SMILES string of the molecule is Cc1cc(OC(F)F)c(C(=O)NCc2ccccc2CN2CCC[C@H]2CO)s1. The van der Waals surface area contributed by atoms with Crippen LogP contribution in [0.1, 0.15) is 38.5 Å². The van der Waals surface area contributed by atoms with Gasteiger partial charge in [0.05, 0.1) is 6.61 Å². The summed E-state index contributed by atoms with van der Waals surface area (Å²) in [6.45, 7) is 0.842. The van der Waals surface area contributed by atoms with Crippen LogP contribution in [0.3, 0.4) is 0 Å². The summed E-state index contributed by atoms with van der Waals surface area (Å²) in [6.07, 6.45) is 2.05. The van der Waals surface area contributed by atoms with Crippen molar-refractivity contribution in [2.24, 2.45) is 0 Å². The Labute approximate surface area is 166 Å². The van der Waals surface area contributed by atoms with Crippen LogP contribution in [0.25, 0.3) is 0 Å². The van der Waals surface area contributed by atoms with E-state index in [0.29, 0.717) is 6.54 Å². The molecule has 0 radical (unpaired) electrons. The third-order valence-corrected chi connectivity index (χ3v) is 5.92. The fraction of sp³-hybridized carbons (Fsp3) is 0.450. The minimum atomic E-state index is -2.97. The molecule has 0 unspecified atom stereocenters. The van der Waals surface area contributed by atoms with Gasteiger partial charge < -0.3 is 15.2 Å². The molecule has 2 N–H and O–H groups in total. The third kappa shape index (κ3) is 5.06. The van der Waals surface area contributed by atoms with E-state index < -0.39 is 12.5 Å². The summed E-state index contributed by atoms with van der Waals surface area (Å²) in [4.78, 5) is 15.6. The molecule has 1 aromatic carbocycles. The highest BCUT2D eigenvalue weighted by molar-refractivity contribution is 7.14. The summed E-state index contributed by atoms with van der Waals surface area (Å²) in [7, 11) is 0. The standard InChI is InChI=1S/C20H24F2N2O3S/c1-13-9-17(27-20(21)22)18(28-13)19(26)23-10-14-5-2-3-6-15(14)11-24-8-4-7-16(24)12-25/h2-3,5-6,9,16,20,25H,4,7-8,10-12H2,1H3,(H,23,26)/t16-/m0/s1. The van der Waals surface area contributed by atoms with Crippen molar-refractivity contribution >= 4 is 17.2 Å². The van der Waals surface area contributed by atoms with Gasteiger partial charge >= 0.3 is 6.61 Å². The molecule has 3 rings (SSSR count). The Hall–Kier alpha value is -2.03. The molecule has 1 aromatic heterocycles. The van der Waals surface area contributed by atoms with Crippen molar-refractivity contribution in [3.63, 3.8) is 0 Å². The first-order valence-corrected chi connectivity index (χ1v) is 10.0. The number of carbonyl (C=O) groups is 1. The van der Waals surface area contributed by atoms with Gasteiger partial charge in [-0.1, -0.05) is 24.3 Å². The van der Waals surface area contributed by atoms with Gasteiger partial charge in [-0.15, -0.1) is 11.3 Å². The number of nitrogens with one attached hydrogen (secondary N) is 1. The van der Waals surface area contributed by atoms with Gasteiger partial charge in [-0.2, -0.15) is 8.78 Å². The Morgan fingerprint density at radius 2 is 2.14 bits per heavy atom. The number of hydrogen-bond donors (Lipinski definition) is 2. The van der Waals surface area contributed by atoms with Crippen molar-refractivity contribution < 1.29 is 23.4 Å². The topological polar surface area (TPSA) is 61.8 Å². The lowest BCUT2D eigenvalue weighted by molar-refractivity contribution is -0.0498. The van der Waals surface area contributed by atoms with E-state index in [1.54, 1.807) is 6.92 Å². The number of hydrogen-bond acceptors (Lipinski definition) is 5. The van der Waals surface area contributed by atoms with E-state index in [9.17, 15) is 18.7 Å². The molecule has 0 saturated carbocycles. The molecule has 5 nitrogen and oxygen atoms in total. The highest BCUT2D eigenvalue weighted by Gasteiger charge is 2.24. The minimum Gasteiger partial charge on any atom is -0.433 e. The van der Waals surface area contributed by atoms with Gasteiger partial charge in [0.2, 0.25) is 0 Å². The summed E-state index contributed by atoms with van der Waals surface area (Å²) in [5.74, 6) is -0.524. The van der Waals surface area contributed by atoms with Crippen LogP contribution in [0.2, 0.25) is 0 Å². The highest BCUT2D eigenvalue weighted by Crippen LogP contribution is 2.30. The predicted molar refractivity (Wildman–Crippen MR) is 104 cm³/mol. The fourth-order valence-corrected chi connectivity index (χ4v) is 4.36. The summed E-state index contributed by atoms with van der Waals surface area (Å²) >= 11 is 1.13. The molecule has 8 heteroatoms. The normalized spacial score (nSPS) is 17.2. The lowest BCUT2D eigenvalue weighted by atomic mass is 10.1. The lowest BCUT2D eigenvalue weighted by Gasteiger charge is -2.24. The first-order valence-electron chi connectivity index (χ1n) is 9.23. The van der Waals surface area contributed by atoms with Crippen molar-refractivity contribution in [1.82, 2.24) is 10.2 Å². The van der Waals surface area contributed by atoms with E-state index in [0.717, 1.165) is 46.7 Å². The third-order valence-electron chi connectivity index (χ3n) is 4.88. The number of aliphatic hydroxyl groups is 1. The summed E-state index contributed by atoms with van der Waals surface area (Å²) in [5.41, 5.74) is 2.04. The molecule has 1 atom stereocenters. The number of amides is 1. The lowest BCUT2D eigenvalue weighted by Crippen LogP contribution is -2.32. The number of thiophene rings is 1. The molecule has 1 amide bonds. The predicted octanol–water partition coefficient (Wildman–Crippen LogP) is 3.54. The molecular weight excluding hydrogens is 386 g/mol. The molecule has 0 bridgehead atoms. The first kappa shape index (κ1) is 20.7. The van der Waals surface area contributed by atoms with Crippen LogP contribution in [0.4, 0.5) is 8.78 Å². The molecule has 2 aromatic rings.